The molecule has 0 saturated carbocycles. The lowest BCUT2D eigenvalue weighted by Gasteiger charge is -2.09. The van der Waals surface area contributed by atoms with Crippen molar-refractivity contribution in [2.24, 2.45) is 5.73 Å². The van der Waals surface area contributed by atoms with Crippen LogP contribution in [0, 0.1) is 6.92 Å². The number of unbranched alkanes of at least 4 members (excludes halogenated alkanes) is 2. The SMILES string of the molecule is Cc1ccc(NC(=O)CCCCCN)cc1-n1cnnn1. The van der Waals surface area contributed by atoms with Gasteiger partial charge in [-0.15, -0.1) is 5.10 Å². The molecule has 1 heterocycles. The predicted molar refractivity (Wildman–Crippen MR) is 80.0 cm³/mol. The molecule has 3 N–H and O–H groups in total. The molecule has 2 aromatic rings. The van der Waals surface area contributed by atoms with Crippen LogP contribution in [0.2, 0.25) is 0 Å². The average molecular weight is 288 g/mol. The second kappa shape index (κ2) is 7.49. The lowest BCUT2D eigenvalue weighted by Crippen LogP contribution is -2.12. The first-order chi connectivity index (χ1) is 10.2. The molecule has 112 valence electrons. The lowest BCUT2D eigenvalue weighted by atomic mass is 10.1. The minimum atomic E-state index is 0.0125. The molecule has 0 radical (unpaired) electrons. The number of nitrogens with two attached hydrogens (primary N) is 1. The van der Waals surface area contributed by atoms with Gasteiger partial charge in [0, 0.05) is 12.1 Å². The van der Waals surface area contributed by atoms with Gasteiger partial charge in [0.1, 0.15) is 6.33 Å². The van der Waals surface area contributed by atoms with E-state index in [9.17, 15) is 4.79 Å². The zero-order valence-electron chi connectivity index (χ0n) is 12.1. The molecule has 0 bridgehead atoms. The van der Waals surface area contributed by atoms with Crippen LogP contribution in [0.3, 0.4) is 0 Å². The highest BCUT2D eigenvalue weighted by Gasteiger charge is 2.07. The first-order valence-electron chi connectivity index (χ1n) is 7.04. The number of tetrazole rings is 1. The van der Waals surface area contributed by atoms with E-state index in [1.807, 2.05) is 25.1 Å². The van der Waals surface area contributed by atoms with E-state index in [1.54, 1.807) is 4.68 Å². The van der Waals surface area contributed by atoms with E-state index >= 15 is 0 Å². The van der Waals surface area contributed by atoms with Gasteiger partial charge in [-0.05, 0) is 54.4 Å². The van der Waals surface area contributed by atoms with Crippen LogP contribution in [0.5, 0.6) is 0 Å². The number of benzene rings is 1. The molecular formula is C14H20N6O. The molecule has 0 aliphatic rings. The molecule has 0 saturated heterocycles. The summed E-state index contributed by atoms with van der Waals surface area (Å²) in [7, 11) is 0. The number of nitrogens with one attached hydrogen (secondary N) is 1. The van der Waals surface area contributed by atoms with Crippen molar-refractivity contribution in [3.05, 3.63) is 30.1 Å². The van der Waals surface area contributed by atoms with Gasteiger partial charge in [0.05, 0.1) is 5.69 Å². The summed E-state index contributed by atoms with van der Waals surface area (Å²) in [6, 6.07) is 5.67. The first-order valence-corrected chi connectivity index (χ1v) is 7.04. The maximum atomic E-state index is 11.9. The molecule has 0 fully saturated rings. The molecular weight excluding hydrogens is 268 g/mol. The van der Waals surface area contributed by atoms with Crippen molar-refractivity contribution in [2.45, 2.75) is 32.6 Å². The third-order valence-electron chi connectivity index (χ3n) is 3.20. The van der Waals surface area contributed by atoms with Crippen LogP contribution in [0.25, 0.3) is 5.69 Å². The minimum absolute atomic E-state index is 0.0125. The Morgan fingerprint density at radius 2 is 2.19 bits per heavy atom. The summed E-state index contributed by atoms with van der Waals surface area (Å²) in [5.74, 6) is 0.0125. The van der Waals surface area contributed by atoms with E-state index in [2.05, 4.69) is 20.8 Å². The Hall–Kier alpha value is -2.28. The number of carbonyl (C=O) groups is 1. The summed E-state index contributed by atoms with van der Waals surface area (Å²) in [5, 5.41) is 14.0. The van der Waals surface area contributed by atoms with Crippen molar-refractivity contribution in [3.8, 4) is 5.69 Å². The molecule has 1 aromatic carbocycles. The summed E-state index contributed by atoms with van der Waals surface area (Å²) in [6.45, 7) is 2.64. The molecule has 0 atom stereocenters. The topological polar surface area (TPSA) is 98.7 Å². The minimum Gasteiger partial charge on any atom is -0.330 e. The van der Waals surface area contributed by atoms with Crippen LogP contribution in [-0.2, 0) is 4.79 Å². The highest BCUT2D eigenvalue weighted by atomic mass is 16.1. The number of amides is 1. The molecule has 0 unspecified atom stereocenters. The standard InChI is InChI=1S/C14H20N6O/c1-11-6-7-12(9-13(11)20-10-16-18-19-20)17-14(21)5-3-2-4-8-15/h6-7,9-10H,2-5,8,15H2,1H3,(H,17,21). The first kappa shape index (κ1) is 15.1. The molecule has 21 heavy (non-hydrogen) atoms. The van der Waals surface area contributed by atoms with E-state index < -0.39 is 0 Å². The van der Waals surface area contributed by atoms with Crippen molar-refractivity contribution in [3.63, 3.8) is 0 Å². The average Bonchev–Trinajstić information content (AvgIpc) is 3.00. The van der Waals surface area contributed by atoms with Gasteiger partial charge in [0.15, 0.2) is 0 Å². The van der Waals surface area contributed by atoms with Gasteiger partial charge in [-0.2, -0.15) is 0 Å². The van der Waals surface area contributed by atoms with Crippen molar-refractivity contribution in [1.29, 1.82) is 0 Å². The lowest BCUT2D eigenvalue weighted by molar-refractivity contribution is -0.116. The molecule has 0 aliphatic carbocycles. The number of rotatable bonds is 7. The number of hydrogen-bond acceptors (Lipinski definition) is 5. The molecule has 7 nitrogen and oxygen atoms in total. The van der Waals surface area contributed by atoms with Crippen LogP contribution in [0.15, 0.2) is 24.5 Å². The van der Waals surface area contributed by atoms with Crippen LogP contribution in [0.4, 0.5) is 5.69 Å². The Morgan fingerprint density at radius 1 is 1.33 bits per heavy atom. The molecule has 7 heteroatoms. The second-order valence-electron chi connectivity index (χ2n) is 4.90. The van der Waals surface area contributed by atoms with Gasteiger partial charge in [0.2, 0.25) is 5.91 Å². The van der Waals surface area contributed by atoms with Crippen LogP contribution >= 0.6 is 0 Å². The Morgan fingerprint density at radius 3 is 2.90 bits per heavy atom. The van der Waals surface area contributed by atoms with Gasteiger partial charge in [-0.3, -0.25) is 4.79 Å². The fraction of sp³-hybridized carbons (Fsp3) is 0.429. The fourth-order valence-corrected chi connectivity index (χ4v) is 2.04. The summed E-state index contributed by atoms with van der Waals surface area (Å²) >= 11 is 0. The largest absolute Gasteiger partial charge is 0.330 e. The number of aromatic nitrogens is 4. The summed E-state index contributed by atoms with van der Waals surface area (Å²) in [6.07, 6.45) is 4.83. The predicted octanol–water partition coefficient (Wildman–Crippen LogP) is 1.43. The van der Waals surface area contributed by atoms with Gasteiger partial charge < -0.3 is 11.1 Å². The number of nitrogens with zero attached hydrogens (tertiary/aromatic N) is 4. The van der Waals surface area contributed by atoms with Crippen molar-refractivity contribution < 1.29 is 4.79 Å². The smallest absolute Gasteiger partial charge is 0.224 e. The zero-order chi connectivity index (χ0) is 15.1. The summed E-state index contributed by atoms with van der Waals surface area (Å²) in [4.78, 5) is 11.9. The summed E-state index contributed by atoms with van der Waals surface area (Å²) < 4.78 is 1.58. The quantitative estimate of drug-likeness (QED) is 0.751. The Kier molecular flexibility index (Phi) is 5.39. The van der Waals surface area contributed by atoms with E-state index in [0.717, 1.165) is 36.2 Å². The van der Waals surface area contributed by atoms with Gasteiger partial charge in [0.25, 0.3) is 0 Å². The van der Waals surface area contributed by atoms with E-state index in [0.29, 0.717) is 13.0 Å². The number of carbonyl (C=O) groups excluding carboxylic acids is 1. The highest BCUT2D eigenvalue weighted by Crippen LogP contribution is 2.18. The molecule has 0 aliphatic heterocycles. The Balaban J connectivity index is 1.98. The van der Waals surface area contributed by atoms with Crippen molar-refractivity contribution >= 4 is 11.6 Å². The highest BCUT2D eigenvalue weighted by molar-refractivity contribution is 5.91. The maximum Gasteiger partial charge on any atom is 0.224 e. The number of aryl methyl sites for hydroxylation is 1. The van der Waals surface area contributed by atoms with Gasteiger partial charge in [-0.25, -0.2) is 4.68 Å². The van der Waals surface area contributed by atoms with E-state index in [4.69, 9.17) is 5.73 Å². The van der Waals surface area contributed by atoms with Crippen molar-refractivity contribution in [2.75, 3.05) is 11.9 Å². The van der Waals surface area contributed by atoms with Crippen LogP contribution < -0.4 is 11.1 Å². The van der Waals surface area contributed by atoms with Crippen molar-refractivity contribution in [1.82, 2.24) is 20.2 Å². The van der Waals surface area contributed by atoms with E-state index in [1.165, 1.54) is 6.33 Å². The molecule has 1 aromatic heterocycles. The number of hydrogen-bond donors (Lipinski definition) is 2. The Bertz CT molecular complexity index is 581. The van der Waals surface area contributed by atoms with Crippen LogP contribution in [0.1, 0.15) is 31.2 Å². The maximum absolute atomic E-state index is 11.9. The monoisotopic (exact) mass is 288 g/mol. The Labute approximate surface area is 123 Å². The normalized spacial score (nSPS) is 10.6. The second-order valence-corrected chi connectivity index (χ2v) is 4.90. The third-order valence-corrected chi connectivity index (χ3v) is 3.20. The third kappa shape index (κ3) is 4.35. The molecule has 1 amide bonds. The zero-order valence-corrected chi connectivity index (χ0v) is 12.1. The van der Waals surface area contributed by atoms with E-state index in [-0.39, 0.29) is 5.91 Å². The van der Waals surface area contributed by atoms with Crippen LogP contribution in [-0.4, -0.2) is 32.7 Å². The van der Waals surface area contributed by atoms with Gasteiger partial charge >= 0.3 is 0 Å². The molecule has 0 spiro atoms. The van der Waals surface area contributed by atoms with Gasteiger partial charge in [-0.1, -0.05) is 12.5 Å². The number of anilines is 1. The fourth-order valence-electron chi connectivity index (χ4n) is 2.04. The molecule has 2 rings (SSSR count). The summed E-state index contributed by atoms with van der Waals surface area (Å²) in [5.41, 5.74) is 8.05.